The number of benzene rings is 1. The fourth-order valence-corrected chi connectivity index (χ4v) is 1.59. The highest BCUT2D eigenvalue weighted by molar-refractivity contribution is 5.95. The number of ether oxygens (including phenoxy) is 1. The van der Waals surface area contributed by atoms with Crippen LogP contribution in [-0.2, 0) is 4.74 Å². The maximum atomic E-state index is 11.4. The van der Waals surface area contributed by atoms with Gasteiger partial charge in [-0.25, -0.2) is 4.79 Å². The van der Waals surface area contributed by atoms with Crippen molar-refractivity contribution in [2.24, 2.45) is 0 Å². The van der Waals surface area contributed by atoms with E-state index in [9.17, 15) is 9.59 Å². The first-order valence-electron chi connectivity index (χ1n) is 7.05. The highest BCUT2D eigenvalue weighted by Crippen LogP contribution is 2.13. The Kier molecular flexibility index (Phi) is 6.00. The van der Waals surface area contributed by atoms with Crippen molar-refractivity contribution in [2.45, 2.75) is 39.7 Å². The number of ketones is 1. The van der Waals surface area contributed by atoms with Gasteiger partial charge in [0.05, 0.1) is 0 Å². The molecule has 3 N–H and O–H groups in total. The molecule has 0 aliphatic heterocycles. The highest BCUT2D eigenvalue weighted by Gasteiger charge is 2.15. The lowest BCUT2D eigenvalue weighted by atomic mass is 10.1. The number of amides is 1. The number of hydrogen-bond donors (Lipinski definition) is 2. The summed E-state index contributed by atoms with van der Waals surface area (Å²) in [7, 11) is 0. The summed E-state index contributed by atoms with van der Waals surface area (Å²) in [6, 6.07) is 5.04. The normalized spacial score (nSPS) is 10.4. The second-order valence-corrected chi connectivity index (χ2v) is 5.84. The van der Waals surface area contributed by atoms with Crippen LogP contribution in [-0.4, -0.2) is 24.0 Å². The van der Waals surface area contributed by atoms with Gasteiger partial charge in [-0.05, 0) is 39.8 Å². The fraction of sp³-hybridized carbons (Fsp3) is 0.412. The Labute approximate surface area is 131 Å². The van der Waals surface area contributed by atoms with E-state index in [-0.39, 0.29) is 5.78 Å². The van der Waals surface area contributed by atoms with Crippen molar-refractivity contribution in [3.63, 3.8) is 0 Å². The first-order chi connectivity index (χ1) is 10.2. The van der Waals surface area contributed by atoms with Crippen LogP contribution < -0.4 is 11.1 Å². The van der Waals surface area contributed by atoms with Crippen LogP contribution in [0.4, 0.5) is 10.5 Å². The molecule has 1 aromatic carbocycles. The average molecular weight is 302 g/mol. The molecule has 5 heteroatoms. The Bertz CT molecular complexity index is 619. The van der Waals surface area contributed by atoms with Gasteiger partial charge < -0.3 is 15.8 Å². The molecule has 0 aliphatic rings. The molecule has 0 saturated carbocycles. The number of hydrogen-bond acceptors (Lipinski definition) is 4. The van der Waals surface area contributed by atoms with Gasteiger partial charge in [-0.3, -0.25) is 4.79 Å². The van der Waals surface area contributed by atoms with E-state index in [1.807, 2.05) is 0 Å². The Morgan fingerprint density at radius 2 is 2.00 bits per heavy atom. The van der Waals surface area contributed by atoms with E-state index in [2.05, 4.69) is 17.2 Å². The Balaban J connectivity index is 2.48. The van der Waals surface area contributed by atoms with Crippen LogP contribution in [0.2, 0.25) is 0 Å². The second-order valence-electron chi connectivity index (χ2n) is 5.84. The molecule has 0 aromatic heterocycles. The molecule has 0 spiro atoms. The largest absolute Gasteiger partial charge is 0.444 e. The molecule has 0 bridgehead atoms. The quantitative estimate of drug-likeness (QED) is 0.389. The van der Waals surface area contributed by atoms with Crippen LogP contribution in [0.5, 0.6) is 0 Å². The summed E-state index contributed by atoms with van der Waals surface area (Å²) in [6.07, 6.45) is 0.0206. The predicted molar refractivity (Wildman–Crippen MR) is 86.6 cm³/mol. The lowest BCUT2D eigenvalue weighted by Crippen LogP contribution is -2.32. The van der Waals surface area contributed by atoms with Crippen molar-refractivity contribution in [3.05, 3.63) is 29.3 Å². The Hall–Kier alpha value is -2.48. The molecule has 0 radical (unpaired) electrons. The maximum Gasteiger partial charge on any atom is 0.407 e. The number of carbonyl (C=O) groups is 2. The van der Waals surface area contributed by atoms with Crippen LogP contribution in [0.1, 0.15) is 50.0 Å². The van der Waals surface area contributed by atoms with Gasteiger partial charge in [-0.1, -0.05) is 17.9 Å². The van der Waals surface area contributed by atoms with E-state index in [1.54, 1.807) is 39.0 Å². The molecule has 0 saturated heterocycles. The molecule has 1 rings (SSSR count). The number of nitrogens with two attached hydrogens (primary N) is 1. The zero-order valence-corrected chi connectivity index (χ0v) is 13.4. The third kappa shape index (κ3) is 6.31. The molecule has 5 nitrogen and oxygen atoms in total. The molecule has 0 fully saturated rings. The summed E-state index contributed by atoms with van der Waals surface area (Å²) >= 11 is 0. The van der Waals surface area contributed by atoms with Crippen molar-refractivity contribution in [2.75, 3.05) is 12.3 Å². The minimum absolute atomic E-state index is 0.0345. The second kappa shape index (κ2) is 7.51. The van der Waals surface area contributed by atoms with Crippen LogP contribution >= 0.6 is 0 Å². The van der Waals surface area contributed by atoms with Gasteiger partial charge in [0.2, 0.25) is 0 Å². The molecule has 118 valence electrons. The molecule has 1 aromatic rings. The van der Waals surface area contributed by atoms with Gasteiger partial charge in [0.15, 0.2) is 5.78 Å². The first-order valence-corrected chi connectivity index (χ1v) is 7.05. The maximum absolute atomic E-state index is 11.4. The van der Waals surface area contributed by atoms with Crippen molar-refractivity contribution in [1.29, 1.82) is 0 Å². The molecular formula is C17H22N2O3. The fourth-order valence-electron chi connectivity index (χ4n) is 1.59. The summed E-state index contributed by atoms with van der Waals surface area (Å²) in [6.45, 7) is 7.30. The number of carbonyl (C=O) groups excluding carboxylic acids is 2. The molecule has 0 atom stereocenters. The van der Waals surface area contributed by atoms with E-state index in [0.717, 1.165) is 0 Å². The SMILES string of the molecule is CC(=O)c1ccc(C#CCCNC(=O)OC(C)(C)C)c(N)c1. The van der Waals surface area contributed by atoms with Crippen LogP contribution in [0.15, 0.2) is 18.2 Å². The molecule has 22 heavy (non-hydrogen) atoms. The minimum atomic E-state index is -0.511. The number of anilines is 1. The lowest BCUT2D eigenvalue weighted by molar-refractivity contribution is 0.0529. The van der Waals surface area contributed by atoms with Crippen LogP contribution in [0, 0.1) is 11.8 Å². The van der Waals surface area contributed by atoms with Crippen LogP contribution in [0.25, 0.3) is 0 Å². The zero-order valence-electron chi connectivity index (χ0n) is 13.4. The molecular weight excluding hydrogens is 280 g/mol. The summed E-state index contributed by atoms with van der Waals surface area (Å²) in [5.41, 5.74) is 7.04. The van der Waals surface area contributed by atoms with E-state index in [4.69, 9.17) is 10.5 Å². The Morgan fingerprint density at radius 1 is 1.32 bits per heavy atom. The van der Waals surface area contributed by atoms with Gasteiger partial charge in [0.1, 0.15) is 5.60 Å². The van der Waals surface area contributed by atoms with Gasteiger partial charge >= 0.3 is 6.09 Å². The summed E-state index contributed by atoms with van der Waals surface area (Å²) in [5.74, 6) is 5.81. The topological polar surface area (TPSA) is 81.4 Å². The highest BCUT2D eigenvalue weighted by atomic mass is 16.6. The first kappa shape index (κ1) is 17.6. The van der Waals surface area contributed by atoms with Crippen LogP contribution in [0.3, 0.4) is 0 Å². The average Bonchev–Trinajstić information content (AvgIpc) is 2.37. The van der Waals surface area contributed by atoms with Crippen molar-refractivity contribution in [3.8, 4) is 11.8 Å². The van der Waals surface area contributed by atoms with Gasteiger partial charge in [0, 0.05) is 29.8 Å². The monoisotopic (exact) mass is 302 g/mol. The van der Waals surface area contributed by atoms with E-state index in [1.165, 1.54) is 6.92 Å². The minimum Gasteiger partial charge on any atom is -0.444 e. The number of rotatable bonds is 3. The van der Waals surface area contributed by atoms with Gasteiger partial charge in [-0.2, -0.15) is 0 Å². The lowest BCUT2D eigenvalue weighted by Gasteiger charge is -2.19. The summed E-state index contributed by atoms with van der Waals surface area (Å²) in [5, 5.41) is 2.62. The molecule has 1 amide bonds. The standard InChI is InChI=1S/C17H22N2O3/c1-12(20)14-9-8-13(15(18)11-14)7-5-6-10-19-16(21)22-17(2,3)4/h8-9,11H,6,10,18H2,1-4H3,(H,19,21). The van der Waals surface area contributed by atoms with E-state index < -0.39 is 11.7 Å². The number of nitrogens with one attached hydrogen (secondary N) is 1. The van der Waals surface area contributed by atoms with E-state index >= 15 is 0 Å². The van der Waals surface area contributed by atoms with Gasteiger partial charge in [-0.15, -0.1) is 0 Å². The number of Topliss-reactive ketones (excluding diaryl/α,β-unsaturated/α-hetero) is 1. The number of nitrogen functional groups attached to an aromatic ring is 1. The smallest absolute Gasteiger partial charge is 0.407 e. The van der Waals surface area contributed by atoms with E-state index in [0.29, 0.717) is 29.8 Å². The van der Waals surface area contributed by atoms with Crippen molar-refractivity contribution < 1.29 is 14.3 Å². The third-order valence-electron chi connectivity index (χ3n) is 2.60. The molecule has 0 aliphatic carbocycles. The van der Waals surface area contributed by atoms with Gasteiger partial charge in [0.25, 0.3) is 0 Å². The molecule has 0 heterocycles. The van der Waals surface area contributed by atoms with Crippen molar-refractivity contribution >= 4 is 17.6 Å². The van der Waals surface area contributed by atoms with Crippen molar-refractivity contribution in [1.82, 2.24) is 5.32 Å². The zero-order chi connectivity index (χ0) is 16.8. The number of alkyl carbamates (subject to hydrolysis) is 1. The third-order valence-corrected chi connectivity index (χ3v) is 2.60. The summed E-state index contributed by atoms with van der Waals surface area (Å²) in [4.78, 5) is 22.6. The Morgan fingerprint density at radius 3 is 2.55 bits per heavy atom. The summed E-state index contributed by atoms with van der Waals surface area (Å²) < 4.78 is 5.11. The predicted octanol–water partition coefficient (Wildman–Crippen LogP) is 2.74. The molecule has 0 unspecified atom stereocenters.